The molecule has 2 N–H and O–H groups in total. The minimum Gasteiger partial charge on any atom is -0.480 e. The highest BCUT2D eigenvalue weighted by Crippen LogP contribution is 2.38. The van der Waals surface area contributed by atoms with Gasteiger partial charge in [0.05, 0.1) is 6.10 Å². The van der Waals surface area contributed by atoms with Crippen LogP contribution in [-0.2, 0) is 4.79 Å². The smallest absolute Gasteiger partial charge is 0.326 e. The van der Waals surface area contributed by atoms with E-state index in [0.29, 0.717) is 11.7 Å². The van der Waals surface area contributed by atoms with Crippen molar-refractivity contribution in [2.45, 2.75) is 37.5 Å². The van der Waals surface area contributed by atoms with Crippen LogP contribution in [0.3, 0.4) is 0 Å². The van der Waals surface area contributed by atoms with E-state index in [1.807, 2.05) is 10.8 Å². The molecule has 7 heteroatoms. The number of carbonyl (C=O) groups is 2. The number of aliphatic hydroxyl groups excluding tert-OH is 1. The summed E-state index contributed by atoms with van der Waals surface area (Å²) >= 11 is 3.35. The molecule has 108 valence electrons. The number of aliphatic carboxylic acids is 1. The van der Waals surface area contributed by atoms with E-state index < -0.39 is 18.1 Å². The number of carboxylic acid groups (broad SMARTS) is 1. The van der Waals surface area contributed by atoms with E-state index in [4.69, 9.17) is 0 Å². The van der Waals surface area contributed by atoms with Crippen molar-refractivity contribution in [1.29, 1.82) is 0 Å². The number of carboxylic acids is 1. The molecule has 0 aromatic carbocycles. The van der Waals surface area contributed by atoms with Crippen molar-refractivity contribution in [1.82, 2.24) is 9.47 Å². The maximum Gasteiger partial charge on any atom is 0.326 e. The zero-order valence-electron chi connectivity index (χ0n) is 10.7. The molecule has 3 rings (SSSR count). The topological polar surface area (TPSA) is 82.8 Å². The van der Waals surface area contributed by atoms with E-state index in [-0.39, 0.29) is 18.9 Å². The normalized spacial score (nSPS) is 26.0. The number of amides is 1. The molecule has 0 radical (unpaired) electrons. The Morgan fingerprint density at radius 3 is 2.65 bits per heavy atom. The van der Waals surface area contributed by atoms with Crippen LogP contribution >= 0.6 is 15.9 Å². The first-order chi connectivity index (χ1) is 9.47. The van der Waals surface area contributed by atoms with Crippen LogP contribution in [0.4, 0.5) is 0 Å². The number of aliphatic hydroxyl groups is 1. The molecule has 20 heavy (non-hydrogen) atoms. The highest BCUT2D eigenvalue weighted by molar-refractivity contribution is 9.10. The summed E-state index contributed by atoms with van der Waals surface area (Å²) in [6.07, 6.45) is 3.24. The second-order valence-corrected chi connectivity index (χ2v) is 6.30. The van der Waals surface area contributed by atoms with Gasteiger partial charge >= 0.3 is 5.97 Å². The van der Waals surface area contributed by atoms with Crippen LogP contribution in [0.5, 0.6) is 0 Å². The van der Waals surface area contributed by atoms with Gasteiger partial charge in [-0.05, 0) is 34.8 Å². The molecule has 6 nitrogen and oxygen atoms in total. The van der Waals surface area contributed by atoms with Gasteiger partial charge in [0.1, 0.15) is 11.7 Å². The number of aromatic nitrogens is 1. The number of hydrogen-bond acceptors (Lipinski definition) is 3. The van der Waals surface area contributed by atoms with Crippen LogP contribution in [0.2, 0.25) is 0 Å². The van der Waals surface area contributed by atoms with Crippen LogP contribution in [0.25, 0.3) is 0 Å². The van der Waals surface area contributed by atoms with E-state index in [2.05, 4.69) is 15.9 Å². The number of hydrogen-bond donors (Lipinski definition) is 2. The average Bonchev–Trinajstić information content (AvgIpc) is 3.04. The Balaban J connectivity index is 1.90. The van der Waals surface area contributed by atoms with Gasteiger partial charge in [-0.2, -0.15) is 0 Å². The lowest BCUT2D eigenvalue weighted by molar-refractivity contribution is -0.141. The first kappa shape index (κ1) is 13.6. The highest BCUT2D eigenvalue weighted by Gasteiger charge is 2.41. The predicted molar refractivity (Wildman–Crippen MR) is 73.5 cm³/mol. The number of nitrogens with zero attached hydrogens (tertiary/aromatic N) is 2. The average molecular weight is 343 g/mol. The van der Waals surface area contributed by atoms with Crippen molar-refractivity contribution in [3.05, 3.63) is 22.4 Å². The Kier molecular flexibility index (Phi) is 3.33. The molecule has 1 aromatic heterocycles. The lowest BCUT2D eigenvalue weighted by Gasteiger charge is -2.21. The number of rotatable bonds is 3. The second-order valence-electron chi connectivity index (χ2n) is 5.38. The first-order valence-corrected chi connectivity index (χ1v) is 7.36. The largest absolute Gasteiger partial charge is 0.480 e. The van der Waals surface area contributed by atoms with E-state index >= 15 is 0 Å². The number of β-amino-alcohol motifs (C(OH)–C–C–N with tert-alkyl or cyclic N) is 1. The van der Waals surface area contributed by atoms with E-state index in [1.54, 1.807) is 6.07 Å². The zero-order chi connectivity index (χ0) is 14.4. The maximum absolute atomic E-state index is 12.6. The number of likely N-dealkylation sites (tertiary alicyclic amines) is 1. The van der Waals surface area contributed by atoms with Gasteiger partial charge in [0.25, 0.3) is 5.91 Å². The van der Waals surface area contributed by atoms with Gasteiger partial charge in [-0.1, -0.05) is 0 Å². The van der Waals surface area contributed by atoms with Crippen molar-refractivity contribution in [3.63, 3.8) is 0 Å². The second kappa shape index (κ2) is 4.89. The fourth-order valence-corrected chi connectivity index (χ4v) is 3.13. The van der Waals surface area contributed by atoms with Gasteiger partial charge in [0.15, 0.2) is 0 Å². The molecule has 1 aromatic rings. The summed E-state index contributed by atoms with van der Waals surface area (Å²) in [5, 5.41) is 18.8. The van der Waals surface area contributed by atoms with Crippen LogP contribution in [0, 0.1) is 0 Å². The van der Waals surface area contributed by atoms with Crippen molar-refractivity contribution in [2.24, 2.45) is 0 Å². The zero-order valence-corrected chi connectivity index (χ0v) is 12.3. The monoisotopic (exact) mass is 342 g/mol. The SMILES string of the molecule is O=C(O)[C@@H]1C[C@@H](O)CN1C(=O)c1cc(Br)cn1C1CC1. The van der Waals surface area contributed by atoms with Gasteiger partial charge in [-0.25, -0.2) is 4.79 Å². The third-order valence-electron chi connectivity index (χ3n) is 3.80. The molecule has 1 aliphatic heterocycles. The predicted octanol–water partition coefficient (Wildman–Crippen LogP) is 1.25. The van der Waals surface area contributed by atoms with Crippen LogP contribution in [0.1, 0.15) is 35.8 Å². The first-order valence-electron chi connectivity index (χ1n) is 6.56. The van der Waals surface area contributed by atoms with E-state index in [0.717, 1.165) is 17.3 Å². The lowest BCUT2D eigenvalue weighted by Crippen LogP contribution is -2.41. The molecule has 2 heterocycles. The minimum atomic E-state index is -1.07. The summed E-state index contributed by atoms with van der Waals surface area (Å²) in [7, 11) is 0. The molecule has 2 fully saturated rings. The van der Waals surface area contributed by atoms with Crippen molar-refractivity contribution in [2.75, 3.05) is 6.54 Å². The van der Waals surface area contributed by atoms with E-state index in [1.165, 1.54) is 4.90 Å². The van der Waals surface area contributed by atoms with Crippen LogP contribution in [0.15, 0.2) is 16.7 Å². The molecule has 1 saturated carbocycles. The maximum atomic E-state index is 12.6. The molecule has 1 saturated heterocycles. The molecule has 1 amide bonds. The third kappa shape index (κ3) is 2.35. The molecular weight excluding hydrogens is 328 g/mol. The Hall–Kier alpha value is -1.34. The number of carbonyl (C=O) groups excluding carboxylic acids is 1. The molecule has 1 aliphatic carbocycles. The van der Waals surface area contributed by atoms with Crippen LogP contribution < -0.4 is 0 Å². The summed E-state index contributed by atoms with van der Waals surface area (Å²) in [6, 6.07) is 1.10. The van der Waals surface area contributed by atoms with Crippen molar-refractivity contribution < 1.29 is 19.8 Å². The fourth-order valence-electron chi connectivity index (χ4n) is 2.69. The number of halogens is 1. The molecule has 0 bridgehead atoms. The summed E-state index contributed by atoms with van der Waals surface area (Å²) in [5.74, 6) is -1.40. The van der Waals surface area contributed by atoms with Crippen LogP contribution in [-0.4, -0.2) is 50.2 Å². The third-order valence-corrected chi connectivity index (χ3v) is 4.23. The van der Waals surface area contributed by atoms with Gasteiger partial charge in [0.2, 0.25) is 0 Å². The lowest BCUT2D eigenvalue weighted by atomic mass is 10.2. The summed E-state index contributed by atoms with van der Waals surface area (Å²) in [6.45, 7) is 0.0727. The Bertz CT molecular complexity index is 567. The Morgan fingerprint density at radius 1 is 1.35 bits per heavy atom. The van der Waals surface area contributed by atoms with Gasteiger partial charge in [0, 0.05) is 29.7 Å². The molecule has 2 aliphatic rings. The highest BCUT2D eigenvalue weighted by atomic mass is 79.9. The summed E-state index contributed by atoms with van der Waals surface area (Å²) in [4.78, 5) is 25.0. The van der Waals surface area contributed by atoms with Gasteiger partial charge < -0.3 is 19.7 Å². The van der Waals surface area contributed by atoms with Gasteiger partial charge in [-0.3, -0.25) is 4.79 Å². The summed E-state index contributed by atoms with van der Waals surface area (Å²) < 4.78 is 2.70. The van der Waals surface area contributed by atoms with E-state index in [9.17, 15) is 19.8 Å². The summed E-state index contributed by atoms with van der Waals surface area (Å²) in [5.41, 5.74) is 0.486. The Labute approximate surface area is 124 Å². The molecule has 2 atom stereocenters. The molecule has 0 unspecified atom stereocenters. The quantitative estimate of drug-likeness (QED) is 0.865. The van der Waals surface area contributed by atoms with Gasteiger partial charge in [-0.15, -0.1) is 0 Å². The Morgan fingerprint density at radius 2 is 2.05 bits per heavy atom. The molecule has 0 spiro atoms. The standard InChI is InChI=1S/C13H15BrN2O4/c14-7-3-10(15(5-7)8-1-2-8)12(18)16-6-9(17)4-11(16)13(19)20/h3,5,8-9,11,17H,1-2,4,6H2,(H,19,20)/t9-,11+/m1/s1. The minimum absolute atomic E-state index is 0.0727. The van der Waals surface area contributed by atoms with Crippen molar-refractivity contribution in [3.8, 4) is 0 Å². The molecular formula is C13H15BrN2O4. The van der Waals surface area contributed by atoms with Crippen molar-refractivity contribution >= 4 is 27.8 Å². The fraction of sp³-hybridized carbons (Fsp3) is 0.538.